The zero-order chi connectivity index (χ0) is 20.3. The first-order chi connectivity index (χ1) is 13.3. The molecule has 0 radical (unpaired) electrons. The number of imidazole rings is 1. The van der Waals surface area contributed by atoms with E-state index in [1.165, 1.54) is 0 Å². The second-order valence-electron chi connectivity index (χ2n) is 6.74. The molecule has 1 aromatic carbocycles. The van der Waals surface area contributed by atoms with Crippen LogP contribution in [0.1, 0.15) is 29.8 Å². The maximum absolute atomic E-state index is 12.5. The molecule has 2 amide bonds. The number of aromatic nitrogens is 2. The topological polar surface area (TPSA) is 99.3 Å². The molecule has 0 bridgehead atoms. The highest BCUT2D eigenvalue weighted by atomic mass is 35.5. The zero-order valence-electron chi connectivity index (χ0n) is 15.4. The Hall–Kier alpha value is -3.37. The molecule has 3 rings (SSSR count). The predicted octanol–water partition coefficient (Wildman–Crippen LogP) is 3.16. The molecule has 0 spiro atoms. The quantitative estimate of drug-likeness (QED) is 0.648. The molecule has 2 aromatic heterocycles. The van der Waals surface area contributed by atoms with E-state index < -0.39 is 5.41 Å². The van der Waals surface area contributed by atoms with Crippen molar-refractivity contribution < 1.29 is 9.59 Å². The van der Waals surface area contributed by atoms with Crippen LogP contribution in [0.25, 0.3) is 5.65 Å². The van der Waals surface area contributed by atoms with Gasteiger partial charge in [0, 0.05) is 11.8 Å². The molecule has 2 N–H and O–H groups in total. The Kier molecular flexibility index (Phi) is 5.34. The summed E-state index contributed by atoms with van der Waals surface area (Å²) in [6.07, 6.45) is 3.38. The van der Waals surface area contributed by atoms with E-state index in [-0.39, 0.29) is 18.4 Å². The van der Waals surface area contributed by atoms with Crippen molar-refractivity contribution in [1.82, 2.24) is 14.7 Å². The van der Waals surface area contributed by atoms with Crippen molar-refractivity contribution in [2.24, 2.45) is 0 Å². The van der Waals surface area contributed by atoms with Gasteiger partial charge in [-0.2, -0.15) is 5.26 Å². The number of halogens is 1. The molecule has 8 heteroatoms. The highest BCUT2D eigenvalue weighted by Crippen LogP contribution is 2.24. The fraction of sp³-hybridized carbons (Fsp3) is 0.200. The number of nitriles is 1. The van der Waals surface area contributed by atoms with Crippen LogP contribution in [0.3, 0.4) is 0 Å². The number of carbonyl (C=O) groups excluding carboxylic acids is 2. The normalized spacial score (nSPS) is 11.1. The summed E-state index contributed by atoms with van der Waals surface area (Å²) < 4.78 is 1.73. The first-order valence-corrected chi connectivity index (χ1v) is 8.90. The summed E-state index contributed by atoms with van der Waals surface area (Å²) in [6, 6.07) is 12.1. The summed E-state index contributed by atoms with van der Waals surface area (Å²) in [7, 11) is 0. The Balaban J connectivity index is 1.74. The largest absolute Gasteiger partial charge is 0.342 e. The van der Waals surface area contributed by atoms with Gasteiger partial charge < -0.3 is 15.0 Å². The van der Waals surface area contributed by atoms with E-state index in [0.29, 0.717) is 22.1 Å². The minimum Gasteiger partial charge on any atom is -0.342 e. The molecule has 0 atom stereocenters. The van der Waals surface area contributed by atoms with E-state index in [9.17, 15) is 9.59 Å². The highest BCUT2D eigenvalue weighted by Gasteiger charge is 2.29. The lowest BCUT2D eigenvalue weighted by Gasteiger charge is -2.23. The number of nitrogens with zero attached hydrogens (tertiary/aromatic N) is 3. The number of benzene rings is 1. The van der Waals surface area contributed by atoms with Crippen LogP contribution in [-0.4, -0.2) is 27.7 Å². The van der Waals surface area contributed by atoms with Gasteiger partial charge in [0.25, 0.3) is 5.91 Å². The van der Waals surface area contributed by atoms with Crippen LogP contribution in [0.15, 0.2) is 48.8 Å². The van der Waals surface area contributed by atoms with Crippen LogP contribution in [0, 0.1) is 11.3 Å². The third-order valence-corrected chi connectivity index (χ3v) is 4.64. The van der Waals surface area contributed by atoms with Crippen LogP contribution in [0.5, 0.6) is 0 Å². The lowest BCUT2D eigenvalue weighted by atomic mass is 9.83. The van der Waals surface area contributed by atoms with Crippen LogP contribution < -0.4 is 10.6 Å². The lowest BCUT2D eigenvalue weighted by Crippen LogP contribution is -2.40. The van der Waals surface area contributed by atoms with Gasteiger partial charge in [-0.15, -0.1) is 0 Å². The number of carbonyl (C=O) groups is 2. The van der Waals surface area contributed by atoms with E-state index in [1.54, 1.807) is 67.0 Å². The zero-order valence-corrected chi connectivity index (χ0v) is 16.1. The van der Waals surface area contributed by atoms with Gasteiger partial charge in [-0.25, -0.2) is 4.98 Å². The standard InChI is InChI=1S/C20H18ClN5O2/c1-20(2,19(28)23-10-9-22)14-5-3-13(4-6-14)18(27)25-16-12-26-11-15(21)7-8-17(26)24-16/h3-8,11-12H,10H2,1-2H3,(H,23,28)(H,25,27). The molecule has 0 aliphatic carbocycles. The number of fused-ring (bicyclic) bond motifs is 1. The number of hydrogen-bond donors (Lipinski definition) is 2. The fourth-order valence-electron chi connectivity index (χ4n) is 2.72. The maximum Gasteiger partial charge on any atom is 0.256 e. The first kappa shape index (κ1) is 19.4. The predicted molar refractivity (Wildman–Crippen MR) is 106 cm³/mol. The van der Waals surface area contributed by atoms with Gasteiger partial charge in [0.2, 0.25) is 5.91 Å². The van der Waals surface area contributed by atoms with Gasteiger partial charge in [0.1, 0.15) is 12.2 Å². The van der Waals surface area contributed by atoms with Crippen molar-refractivity contribution >= 4 is 34.9 Å². The molecule has 0 saturated carbocycles. The number of amides is 2. The van der Waals surface area contributed by atoms with Crippen molar-refractivity contribution in [3.05, 3.63) is 64.9 Å². The van der Waals surface area contributed by atoms with Gasteiger partial charge in [0.05, 0.1) is 22.7 Å². The van der Waals surface area contributed by atoms with E-state index >= 15 is 0 Å². The second kappa shape index (κ2) is 7.71. The molecule has 28 heavy (non-hydrogen) atoms. The SMILES string of the molecule is CC(C)(C(=O)NCC#N)c1ccc(C(=O)Nc2cn3cc(Cl)ccc3n2)cc1. The van der Waals surface area contributed by atoms with E-state index in [1.807, 2.05) is 6.07 Å². The minimum atomic E-state index is -0.827. The Morgan fingerprint density at radius 2 is 1.89 bits per heavy atom. The highest BCUT2D eigenvalue weighted by molar-refractivity contribution is 6.30. The Morgan fingerprint density at radius 3 is 2.57 bits per heavy atom. The Bertz CT molecular complexity index is 1080. The lowest BCUT2D eigenvalue weighted by molar-refractivity contribution is -0.125. The number of rotatable bonds is 5. The maximum atomic E-state index is 12.5. The number of anilines is 1. The molecule has 7 nitrogen and oxygen atoms in total. The summed E-state index contributed by atoms with van der Waals surface area (Å²) in [4.78, 5) is 29.0. The minimum absolute atomic E-state index is 0.0486. The van der Waals surface area contributed by atoms with E-state index in [4.69, 9.17) is 16.9 Å². The third kappa shape index (κ3) is 3.97. The van der Waals surface area contributed by atoms with E-state index in [2.05, 4.69) is 15.6 Å². The molecule has 0 aliphatic heterocycles. The summed E-state index contributed by atoms with van der Waals surface area (Å²) in [5.74, 6) is -0.157. The third-order valence-electron chi connectivity index (χ3n) is 4.42. The molecule has 0 unspecified atom stereocenters. The van der Waals surface area contributed by atoms with Crippen LogP contribution >= 0.6 is 11.6 Å². The van der Waals surface area contributed by atoms with Crippen LogP contribution in [-0.2, 0) is 10.2 Å². The molecule has 0 fully saturated rings. The molecule has 0 saturated heterocycles. The molecule has 2 heterocycles. The summed E-state index contributed by atoms with van der Waals surface area (Å²) >= 11 is 5.95. The fourth-order valence-corrected chi connectivity index (χ4v) is 2.89. The van der Waals surface area contributed by atoms with Crippen molar-refractivity contribution in [3.63, 3.8) is 0 Å². The number of pyridine rings is 1. The summed E-state index contributed by atoms with van der Waals surface area (Å²) in [6.45, 7) is 3.47. The van der Waals surface area contributed by atoms with Gasteiger partial charge in [-0.1, -0.05) is 23.7 Å². The average molecular weight is 396 g/mol. The van der Waals surface area contributed by atoms with Crippen molar-refractivity contribution in [3.8, 4) is 6.07 Å². The molecular weight excluding hydrogens is 378 g/mol. The smallest absolute Gasteiger partial charge is 0.256 e. The second-order valence-corrected chi connectivity index (χ2v) is 7.17. The van der Waals surface area contributed by atoms with Gasteiger partial charge in [0.15, 0.2) is 5.82 Å². The van der Waals surface area contributed by atoms with Crippen LogP contribution in [0.2, 0.25) is 5.02 Å². The van der Waals surface area contributed by atoms with E-state index in [0.717, 1.165) is 5.56 Å². The van der Waals surface area contributed by atoms with Crippen molar-refractivity contribution in [2.75, 3.05) is 11.9 Å². The van der Waals surface area contributed by atoms with Gasteiger partial charge in [-0.3, -0.25) is 9.59 Å². The van der Waals surface area contributed by atoms with Crippen LogP contribution in [0.4, 0.5) is 5.82 Å². The molecular formula is C20H18ClN5O2. The van der Waals surface area contributed by atoms with Crippen molar-refractivity contribution in [2.45, 2.75) is 19.3 Å². The first-order valence-electron chi connectivity index (χ1n) is 8.52. The Morgan fingerprint density at radius 1 is 1.18 bits per heavy atom. The number of hydrogen-bond acceptors (Lipinski definition) is 4. The summed E-state index contributed by atoms with van der Waals surface area (Å²) in [5.41, 5.74) is 1.02. The van der Waals surface area contributed by atoms with Gasteiger partial charge in [-0.05, 0) is 43.7 Å². The molecule has 3 aromatic rings. The number of nitrogens with one attached hydrogen (secondary N) is 2. The van der Waals surface area contributed by atoms with Gasteiger partial charge >= 0.3 is 0 Å². The van der Waals surface area contributed by atoms with Crippen molar-refractivity contribution in [1.29, 1.82) is 5.26 Å². The molecule has 142 valence electrons. The Labute approximate surface area is 166 Å². The summed E-state index contributed by atoms with van der Waals surface area (Å²) in [5, 5.41) is 14.5. The molecule has 0 aliphatic rings. The monoisotopic (exact) mass is 395 g/mol. The average Bonchev–Trinajstić information content (AvgIpc) is 3.07.